The predicted octanol–water partition coefficient (Wildman–Crippen LogP) is 0.612. The third kappa shape index (κ3) is 1.20. The molecule has 0 fully saturated rings. The molecule has 3 nitrogen and oxygen atoms in total. The molecule has 0 bridgehead atoms. The molecule has 0 spiro atoms. The maximum absolute atomic E-state index is 9.69. The van der Waals surface area contributed by atoms with Crippen LogP contribution >= 0.6 is 0 Å². The number of fused-ring (bicyclic) bond motifs is 1. The summed E-state index contributed by atoms with van der Waals surface area (Å²) in [6.07, 6.45) is 0.158. The van der Waals surface area contributed by atoms with Crippen molar-refractivity contribution in [3.05, 3.63) is 29.3 Å². The molecule has 13 heavy (non-hydrogen) atoms. The molecule has 0 aliphatic heterocycles. The van der Waals surface area contributed by atoms with Crippen LogP contribution in [-0.4, -0.2) is 18.3 Å². The van der Waals surface area contributed by atoms with Crippen LogP contribution in [-0.2, 0) is 6.42 Å². The summed E-state index contributed by atoms with van der Waals surface area (Å²) in [5, 5.41) is 9.69. The topological polar surface area (TPSA) is 55.5 Å². The molecular formula is C10H13NO2. The van der Waals surface area contributed by atoms with E-state index in [0.717, 1.165) is 16.9 Å². The average Bonchev–Trinajstić information content (AvgIpc) is 2.43. The van der Waals surface area contributed by atoms with Gasteiger partial charge in [-0.2, -0.15) is 0 Å². The lowest BCUT2D eigenvalue weighted by molar-refractivity contribution is 0.159. The molecule has 2 atom stereocenters. The molecule has 1 aromatic rings. The van der Waals surface area contributed by atoms with Crippen molar-refractivity contribution < 1.29 is 9.84 Å². The first-order valence-electron chi connectivity index (χ1n) is 4.33. The fourth-order valence-corrected chi connectivity index (χ4v) is 1.85. The highest BCUT2D eigenvalue weighted by molar-refractivity contribution is 5.45. The van der Waals surface area contributed by atoms with E-state index in [0.29, 0.717) is 6.42 Å². The smallest absolute Gasteiger partial charge is 0.122 e. The zero-order valence-corrected chi connectivity index (χ0v) is 7.53. The Morgan fingerprint density at radius 3 is 3.00 bits per heavy atom. The van der Waals surface area contributed by atoms with E-state index in [9.17, 15) is 5.11 Å². The van der Waals surface area contributed by atoms with Crippen molar-refractivity contribution in [3.63, 3.8) is 0 Å². The van der Waals surface area contributed by atoms with Gasteiger partial charge in [-0.3, -0.25) is 0 Å². The molecule has 0 heterocycles. The van der Waals surface area contributed by atoms with Gasteiger partial charge in [-0.05, 0) is 18.1 Å². The molecule has 2 rings (SSSR count). The SMILES string of the molecule is COc1cccc2c1C[C@@H](N)[C@@H]2O. The number of nitrogens with two attached hydrogens (primary N) is 1. The van der Waals surface area contributed by atoms with Crippen LogP contribution in [0.5, 0.6) is 5.75 Å². The zero-order chi connectivity index (χ0) is 9.42. The predicted molar refractivity (Wildman–Crippen MR) is 49.6 cm³/mol. The van der Waals surface area contributed by atoms with Crippen molar-refractivity contribution in [3.8, 4) is 5.75 Å². The first-order valence-corrected chi connectivity index (χ1v) is 4.33. The maximum atomic E-state index is 9.69. The van der Waals surface area contributed by atoms with E-state index >= 15 is 0 Å². The quantitative estimate of drug-likeness (QED) is 0.664. The number of methoxy groups -OCH3 is 1. The van der Waals surface area contributed by atoms with E-state index in [1.807, 2.05) is 18.2 Å². The Morgan fingerprint density at radius 1 is 1.54 bits per heavy atom. The number of ether oxygens (including phenoxy) is 1. The molecule has 0 radical (unpaired) electrons. The standard InChI is InChI=1S/C10H13NO2/c1-13-9-4-2-3-6-7(9)5-8(11)10(6)12/h2-4,8,10,12H,5,11H2,1H3/t8-,10-/m1/s1. The van der Waals surface area contributed by atoms with Gasteiger partial charge in [-0.1, -0.05) is 12.1 Å². The van der Waals surface area contributed by atoms with Crippen LogP contribution in [0.1, 0.15) is 17.2 Å². The van der Waals surface area contributed by atoms with E-state index in [1.54, 1.807) is 7.11 Å². The van der Waals surface area contributed by atoms with Gasteiger partial charge >= 0.3 is 0 Å². The molecule has 3 heteroatoms. The van der Waals surface area contributed by atoms with E-state index in [2.05, 4.69) is 0 Å². The van der Waals surface area contributed by atoms with E-state index in [4.69, 9.17) is 10.5 Å². The van der Waals surface area contributed by atoms with Crippen molar-refractivity contribution >= 4 is 0 Å². The lowest BCUT2D eigenvalue weighted by Gasteiger charge is -2.08. The molecule has 0 aromatic heterocycles. The third-order valence-electron chi connectivity index (χ3n) is 2.55. The summed E-state index contributed by atoms with van der Waals surface area (Å²) in [4.78, 5) is 0. The Kier molecular flexibility index (Phi) is 1.98. The second kappa shape index (κ2) is 3.01. The van der Waals surface area contributed by atoms with Gasteiger partial charge in [0.2, 0.25) is 0 Å². The Morgan fingerprint density at radius 2 is 2.31 bits per heavy atom. The molecule has 0 saturated heterocycles. The second-order valence-corrected chi connectivity index (χ2v) is 3.34. The number of rotatable bonds is 1. The summed E-state index contributed by atoms with van der Waals surface area (Å²) in [7, 11) is 1.63. The molecular weight excluding hydrogens is 166 g/mol. The normalized spacial score (nSPS) is 25.8. The molecule has 1 aliphatic carbocycles. The molecule has 70 valence electrons. The van der Waals surface area contributed by atoms with Crippen LogP contribution in [0, 0.1) is 0 Å². The molecule has 0 unspecified atom stereocenters. The Balaban J connectivity index is 2.49. The summed E-state index contributed by atoms with van der Waals surface area (Å²) in [6.45, 7) is 0. The Hall–Kier alpha value is -1.06. The van der Waals surface area contributed by atoms with Gasteiger partial charge in [0.25, 0.3) is 0 Å². The van der Waals surface area contributed by atoms with E-state index in [1.165, 1.54) is 0 Å². The van der Waals surface area contributed by atoms with E-state index in [-0.39, 0.29) is 6.04 Å². The minimum absolute atomic E-state index is 0.189. The zero-order valence-electron chi connectivity index (χ0n) is 7.53. The number of hydrogen-bond acceptors (Lipinski definition) is 3. The lowest BCUT2D eigenvalue weighted by atomic mass is 10.1. The van der Waals surface area contributed by atoms with Gasteiger partial charge in [0.05, 0.1) is 13.2 Å². The van der Waals surface area contributed by atoms with Crippen LogP contribution in [0.2, 0.25) is 0 Å². The Labute approximate surface area is 77.1 Å². The number of aliphatic hydroxyl groups is 1. The largest absolute Gasteiger partial charge is 0.496 e. The molecule has 0 saturated carbocycles. The van der Waals surface area contributed by atoms with Crippen LogP contribution in [0.15, 0.2) is 18.2 Å². The van der Waals surface area contributed by atoms with Crippen molar-refractivity contribution in [1.29, 1.82) is 0 Å². The van der Waals surface area contributed by atoms with E-state index < -0.39 is 6.10 Å². The van der Waals surface area contributed by atoms with Crippen molar-refractivity contribution in [1.82, 2.24) is 0 Å². The maximum Gasteiger partial charge on any atom is 0.122 e. The molecule has 1 aliphatic rings. The van der Waals surface area contributed by atoms with Crippen LogP contribution in [0.3, 0.4) is 0 Å². The van der Waals surface area contributed by atoms with Crippen molar-refractivity contribution in [2.75, 3.05) is 7.11 Å². The summed E-state index contributed by atoms with van der Waals surface area (Å²) in [5.41, 5.74) is 7.70. The first kappa shape index (κ1) is 8.53. The highest BCUT2D eigenvalue weighted by Gasteiger charge is 2.29. The van der Waals surface area contributed by atoms with Gasteiger partial charge in [-0.25, -0.2) is 0 Å². The van der Waals surface area contributed by atoms with Gasteiger partial charge in [-0.15, -0.1) is 0 Å². The first-order chi connectivity index (χ1) is 6.24. The van der Waals surface area contributed by atoms with Crippen molar-refractivity contribution in [2.45, 2.75) is 18.6 Å². The number of benzene rings is 1. The molecule has 1 aromatic carbocycles. The average molecular weight is 179 g/mol. The summed E-state index contributed by atoms with van der Waals surface area (Å²) < 4.78 is 5.19. The molecule has 0 amide bonds. The summed E-state index contributed by atoms with van der Waals surface area (Å²) >= 11 is 0. The summed E-state index contributed by atoms with van der Waals surface area (Å²) in [6, 6.07) is 5.48. The highest BCUT2D eigenvalue weighted by Crippen LogP contribution is 2.35. The Bertz CT molecular complexity index is 325. The van der Waals surface area contributed by atoms with Gasteiger partial charge < -0.3 is 15.6 Å². The third-order valence-corrected chi connectivity index (χ3v) is 2.55. The number of aliphatic hydroxyl groups excluding tert-OH is 1. The second-order valence-electron chi connectivity index (χ2n) is 3.34. The number of hydrogen-bond donors (Lipinski definition) is 2. The molecule has 3 N–H and O–H groups in total. The minimum Gasteiger partial charge on any atom is -0.496 e. The minimum atomic E-state index is -0.537. The fraction of sp³-hybridized carbons (Fsp3) is 0.400. The lowest BCUT2D eigenvalue weighted by Crippen LogP contribution is -2.24. The summed E-state index contributed by atoms with van der Waals surface area (Å²) in [5.74, 6) is 0.824. The van der Waals surface area contributed by atoms with Gasteiger partial charge in [0.15, 0.2) is 0 Å². The van der Waals surface area contributed by atoms with Gasteiger partial charge in [0.1, 0.15) is 5.75 Å². The van der Waals surface area contributed by atoms with Crippen LogP contribution < -0.4 is 10.5 Å². The van der Waals surface area contributed by atoms with Crippen LogP contribution in [0.4, 0.5) is 0 Å². The highest BCUT2D eigenvalue weighted by atomic mass is 16.5. The van der Waals surface area contributed by atoms with Crippen LogP contribution in [0.25, 0.3) is 0 Å². The van der Waals surface area contributed by atoms with Crippen molar-refractivity contribution in [2.24, 2.45) is 5.73 Å². The fourth-order valence-electron chi connectivity index (χ4n) is 1.85. The van der Waals surface area contributed by atoms with Gasteiger partial charge in [0, 0.05) is 11.6 Å². The monoisotopic (exact) mass is 179 g/mol.